The van der Waals surface area contributed by atoms with Gasteiger partial charge in [0.2, 0.25) is 11.8 Å². The molecule has 3 rings (SSSR count). The molecule has 0 radical (unpaired) electrons. The summed E-state index contributed by atoms with van der Waals surface area (Å²) in [4.78, 5) is 37.7. The molecular weight excluding hydrogens is 356 g/mol. The Labute approximate surface area is 164 Å². The summed E-state index contributed by atoms with van der Waals surface area (Å²) >= 11 is 0. The highest BCUT2D eigenvalue weighted by Gasteiger charge is 2.30. The first-order chi connectivity index (χ1) is 13.3. The van der Waals surface area contributed by atoms with Crippen LogP contribution in [0, 0.1) is 5.41 Å². The molecule has 2 aromatic carbocycles. The van der Waals surface area contributed by atoms with Crippen LogP contribution >= 0.6 is 0 Å². The van der Waals surface area contributed by atoms with Crippen molar-refractivity contribution in [2.45, 2.75) is 33.1 Å². The highest BCUT2D eigenvalue weighted by molar-refractivity contribution is 5.97. The zero-order valence-electron chi connectivity index (χ0n) is 16.1. The van der Waals surface area contributed by atoms with Gasteiger partial charge in [-0.25, -0.2) is 0 Å². The van der Waals surface area contributed by atoms with Crippen LogP contribution in [-0.4, -0.2) is 29.4 Å². The molecule has 0 atom stereocenters. The van der Waals surface area contributed by atoms with E-state index in [4.69, 9.17) is 5.11 Å². The van der Waals surface area contributed by atoms with Gasteiger partial charge in [0, 0.05) is 24.3 Å². The molecule has 1 aliphatic rings. The summed E-state index contributed by atoms with van der Waals surface area (Å²) in [5, 5.41) is 11.8. The minimum absolute atomic E-state index is 0.0462. The molecule has 0 saturated heterocycles. The largest absolute Gasteiger partial charge is 0.481 e. The highest BCUT2D eigenvalue weighted by Crippen LogP contribution is 2.28. The van der Waals surface area contributed by atoms with Crippen LogP contribution in [0.2, 0.25) is 0 Å². The maximum absolute atomic E-state index is 12.7. The monoisotopic (exact) mass is 380 g/mol. The van der Waals surface area contributed by atoms with Gasteiger partial charge < -0.3 is 15.3 Å². The Morgan fingerprint density at radius 3 is 2.43 bits per heavy atom. The van der Waals surface area contributed by atoms with Crippen LogP contribution in [-0.2, 0) is 27.2 Å². The number of aliphatic carboxylic acids is 1. The summed E-state index contributed by atoms with van der Waals surface area (Å²) in [7, 11) is 0. The molecule has 146 valence electrons. The summed E-state index contributed by atoms with van der Waals surface area (Å²) < 4.78 is 0. The van der Waals surface area contributed by atoms with Gasteiger partial charge >= 0.3 is 5.97 Å². The maximum atomic E-state index is 12.7. The smallest absolute Gasteiger partial charge is 0.309 e. The van der Waals surface area contributed by atoms with Crippen LogP contribution in [0.3, 0.4) is 0 Å². The zero-order valence-corrected chi connectivity index (χ0v) is 16.1. The Morgan fingerprint density at radius 1 is 1.07 bits per heavy atom. The van der Waals surface area contributed by atoms with E-state index in [1.54, 1.807) is 24.3 Å². The van der Waals surface area contributed by atoms with Crippen LogP contribution in [0.1, 0.15) is 31.4 Å². The van der Waals surface area contributed by atoms with Crippen molar-refractivity contribution < 1.29 is 19.5 Å². The number of rotatable bonds is 6. The second-order valence-electron chi connectivity index (χ2n) is 7.71. The van der Waals surface area contributed by atoms with Crippen LogP contribution in [0.25, 0.3) is 0 Å². The van der Waals surface area contributed by atoms with E-state index in [0.717, 1.165) is 17.7 Å². The molecule has 0 aliphatic carbocycles. The van der Waals surface area contributed by atoms with Crippen molar-refractivity contribution in [1.29, 1.82) is 0 Å². The number of anilines is 2. The van der Waals surface area contributed by atoms with E-state index in [0.29, 0.717) is 12.2 Å². The van der Waals surface area contributed by atoms with E-state index in [-0.39, 0.29) is 24.7 Å². The van der Waals surface area contributed by atoms with Crippen LogP contribution in [0.4, 0.5) is 11.4 Å². The normalized spacial score (nSPS) is 13.1. The molecule has 0 aromatic heterocycles. The number of para-hydroxylation sites is 1. The molecule has 2 aromatic rings. The Hall–Kier alpha value is -3.15. The van der Waals surface area contributed by atoms with Crippen molar-refractivity contribution >= 4 is 29.2 Å². The molecule has 1 aliphatic heterocycles. The average molecular weight is 380 g/mol. The lowest BCUT2D eigenvalue weighted by Crippen LogP contribution is -2.30. The molecule has 0 bridgehead atoms. The van der Waals surface area contributed by atoms with Gasteiger partial charge in [0.15, 0.2) is 0 Å². The zero-order chi connectivity index (χ0) is 20.3. The summed E-state index contributed by atoms with van der Waals surface area (Å²) in [6.07, 6.45) is 1.05. The van der Waals surface area contributed by atoms with E-state index in [2.05, 4.69) is 5.32 Å². The fraction of sp³-hybridized carbons (Fsp3) is 0.318. The van der Waals surface area contributed by atoms with Gasteiger partial charge in [0.05, 0.1) is 11.8 Å². The second-order valence-corrected chi connectivity index (χ2v) is 7.71. The molecule has 0 saturated carbocycles. The molecule has 6 nitrogen and oxygen atoms in total. The third-order valence-electron chi connectivity index (χ3n) is 4.96. The molecule has 2 N–H and O–H groups in total. The third-order valence-corrected chi connectivity index (χ3v) is 4.96. The highest BCUT2D eigenvalue weighted by atomic mass is 16.4. The standard InChI is InChI=1S/C22H24N2O4/c1-22(2,21(27)28)14-19(25)23-17-9-7-15(8-10-17)13-20(26)24-12-11-16-5-3-4-6-18(16)24/h3-10H,11-14H2,1-2H3,(H,23,25)(H,27,28). The number of nitrogens with zero attached hydrogens (tertiary/aromatic N) is 1. The number of carboxylic acid groups (broad SMARTS) is 1. The first-order valence-electron chi connectivity index (χ1n) is 9.27. The average Bonchev–Trinajstić information content (AvgIpc) is 3.07. The number of hydrogen-bond acceptors (Lipinski definition) is 3. The number of fused-ring (bicyclic) bond motifs is 1. The maximum Gasteiger partial charge on any atom is 0.309 e. The number of carbonyl (C=O) groups excluding carboxylic acids is 2. The van der Waals surface area contributed by atoms with Crippen molar-refractivity contribution in [3.05, 3.63) is 59.7 Å². The quantitative estimate of drug-likeness (QED) is 0.805. The number of amides is 2. The molecule has 0 unspecified atom stereocenters. The molecule has 28 heavy (non-hydrogen) atoms. The van der Waals surface area contributed by atoms with Crippen molar-refractivity contribution in [2.24, 2.45) is 5.41 Å². The van der Waals surface area contributed by atoms with E-state index in [1.165, 1.54) is 19.4 Å². The van der Waals surface area contributed by atoms with Crippen LogP contribution < -0.4 is 10.2 Å². The van der Waals surface area contributed by atoms with E-state index in [1.807, 2.05) is 29.2 Å². The van der Waals surface area contributed by atoms with E-state index < -0.39 is 11.4 Å². The SMILES string of the molecule is CC(C)(CC(=O)Nc1ccc(CC(=O)N2CCc3ccccc32)cc1)C(=O)O. The van der Waals surface area contributed by atoms with Gasteiger partial charge in [-0.3, -0.25) is 14.4 Å². The number of benzene rings is 2. The van der Waals surface area contributed by atoms with Gasteiger partial charge in [-0.1, -0.05) is 30.3 Å². The number of carboxylic acids is 1. The summed E-state index contributed by atoms with van der Waals surface area (Å²) in [5.41, 5.74) is 2.49. The van der Waals surface area contributed by atoms with Gasteiger partial charge in [-0.15, -0.1) is 0 Å². The van der Waals surface area contributed by atoms with Crippen molar-refractivity contribution in [3.63, 3.8) is 0 Å². The predicted octanol–water partition coefficient (Wildman–Crippen LogP) is 3.26. The molecular formula is C22H24N2O4. The molecule has 0 spiro atoms. The minimum atomic E-state index is -1.12. The van der Waals surface area contributed by atoms with Gasteiger partial charge in [0.25, 0.3) is 0 Å². The third kappa shape index (κ3) is 4.39. The van der Waals surface area contributed by atoms with Crippen molar-refractivity contribution in [1.82, 2.24) is 0 Å². The summed E-state index contributed by atoms with van der Waals surface area (Å²) in [6, 6.07) is 15.0. The first kappa shape index (κ1) is 19.6. The molecule has 6 heteroatoms. The Balaban J connectivity index is 1.58. The Morgan fingerprint density at radius 2 is 1.75 bits per heavy atom. The summed E-state index contributed by atoms with van der Waals surface area (Å²) in [6.45, 7) is 3.73. The first-order valence-corrected chi connectivity index (χ1v) is 9.27. The van der Waals surface area contributed by atoms with Gasteiger partial charge in [-0.05, 0) is 49.6 Å². The fourth-order valence-electron chi connectivity index (χ4n) is 3.26. The molecule has 2 amide bonds. The predicted molar refractivity (Wildman–Crippen MR) is 107 cm³/mol. The minimum Gasteiger partial charge on any atom is -0.481 e. The topological polar surface area (TPSA) is 86.7 Å². The second kappa shape index (κ2) is 7.84. The van der Waals surface area contributed by atoms with Crippen LogP contribution in [0.5, 0.6) is 0 Å². The Bertz CT molecular complexity index is 903. The van der Waals surface area contributed by atoms with Gasteiger partial charge in [-0.2, -0.15) is 0 Å². The summed E-state index contributed by atoms with van der Waals surface area (Å²) in [5.74, 6) is -1.32. The fourth-order valence-corrected chi connectivity index (χ4v) is 3.26. The van der Waals surface area contributed by atoms with E-state index >= 15 is 0 Å². The lowest BCUT2D eigenvalue weighted by atomic mass is 9.89. The number of hydrogen-bond donors (Lipinski definition) is 2. The molecule has 1 heterocycles. The lowest BCUT2D eigenvalue weighted by molar-refractivity contribution is -0.149. The van der Waals surface area contributed by atoms with Crippen molar-refractivity contribution in [3.8, 4) is 0 Å². The van der Waals surface area contributed by atoms with Gasteiger partial charge in [0.1, 0.15) is 0 Å². The van der Waals surface area contributed by atoms with Crippen LogP contribution in [0.15, 0.2) is 48.5 Å². The number of carbonyl (C=O) groups is 3. The van der Waals surface area contributed by atoms with Crippen molar-refractivity contribution in [2.75, 3.05) is 16.8 Å². The molecule has 0 fully saturated rings. The van der Waals surface area contributed by atoms with E-state index in [9.17, 15) is 14.4 Å². The Kier molecular flexibility index (Phi) is 5.49. The number of nitrogens with one attached hydrogen (secondary N) is 1. The lowest BCUT2D eigenvalue weighted by Gasteiger charge is -2.18.